The van der Waals surface area contributed by atoms with Crippen molar-refractivity contribution in [2.45, 2.75) is 0 Å². The van der Waals surface area contributed by atoms with E-state index in [0.717, 1.165) is 16.6 Å². The minimum atomic E-state index is -0.379. The van der Waals surface area contributed by atoms with Crippen LogP contribution in [-0.4, -0.2) is 21.1 Å². The van der Waals surface area contributed by atoms with Gasteiger partial charge >= 0.3 is 0 Å². The third kappa shape index (κ3) is 3.61. The Morgan fingerprint density at radius 3 is 2.50 bits per heavy atom. The van der Waals surface area contributed by atoms with E-state index in [4.69, 9.17) is 5.26 Å². The fraction of sp³-hybridized carbons (Fsp3) is 0. The monoisotopic (exact) mass is 366 g/mol. The molecule has 4 rings (SSSR count). The van der Waals surface area contributed by atoms with Gasteiger partial charge in [-0.3, -0.25) is 9.78 Å². The van der Waals surface area contributed by atoms with Crippen molar-refractivity contribution >= 4 is 34.0 Å². The fourth-order valence-electron chi connectivity index (χ4n) is 2.69. The van der Waals surface area contributed by atoms with Crippen LogP contribution in [-0.2, 0) is 0 Å². The van der Waals surface area contributed by atoms with Crippen LogP contribution >= 0.6 is 0 Å². The van der Waals surface area contributed by atoms with Gasteiger partial charge in [0, 0.05) is 17.3 Å². The summed E-state index contributed by atoms with van der Waals surface area (Å²) in [5.74, 6) is 0.128. The van der Waals surface area contributed by atoms with Crippen molar-refractivity contribution in [2.75, 3.05) is 10.6 Å². The lowest BCUT2D eigenvalue weighted by atomic mass is 10.2. The molecule has 2 N–H and O–H groups in total. The minimum absolute atomic E-state index is 0.186. The van der Waals surface area contributed by atoms with E-state index in [1.54, 1.807) is 42.6 Å². The molecule has 2 aromatic heterocycles. The highest BCUT2D eigenvalue weighted by Crippen LogP contribution is 2.23. The SMILES string of the molecule is N#Cc1ccc(NC(=O)c2ccc(Nc3cccc4cccnc34)nn2)cc1. The van der Waals surface area contributed by atoms with Crippen LogP contribution < -0.4 is 10.6 Å². The number of nitrogens with one attached hydrogen (secondary N) is 2. The van der Waals surface area contributed by atoms with Crippen LogP contribution in [0.3, 0.4) is 0 Å². The number of hydrogen-bond acceptors (Lipinski definition) is 6. The molecule has 4 aromatic rings. The largest absolute Gasteiger partial charge is 0.337 e. The number of fused-ring (bicyclic) bond motifs is 1. The molecule has 1 amide bonds. The van der Waals surface area contributed by atoms with Gasteiger partial charge in [0.25, 0.3) is 5.91 Å². The van der Waals surface area contributed by atoms with E-state index in [1.165, 1.54) is 0 Å². The quantitative estimate of drug-likeness (QED) is 0.568. The number of pyridine rings is 1. The molecule has 2 aromatic carbocycles. The van der Waals surface area contributed by atoms with E-state index < -0.39 is 0 Å². The van der Waals surface area contributed by atoms with Gasteiger partial charge in [-0.05, 0) is 48.5 Å². The van der Waals surface area contributed by atoms with Crippen molar-refractivity contribution in [1.82, 2.24) is 15.2 Å². The number of amides is 1. The second-order valence-electron chi connectivity index (χ2n) is 5.95. The first kappa shape index (κ1) is 17.1. The molecule has 0 spiro atoms. The summed E-state index contributed by atoms with van der Waals surface area (Å²) in [5.41, 5.74) is 2.92. The van der Waals surface area contributed by atoms with Gasteiger partial charge in [-0.1, -0.05) is 18.2 Å². The molecule has 134 valence electrons. The van der Waals surface area contributed by atoms with Gasteiger partial charge in [0.1, 0.15) is 0 Å². The first-order valence-electron chi connectivity index (χ1n) is 8.49. The number of benzene rings is 2. The molecule has 0 unspecified atom stereocenters. The fourth-order valence-corrected chi connectivity index (χ4v) is 2.69. The Morgan fingerprint density at radius 1 is 0.929 bits per heavy atom. The Kier molecular flexibility index (Phi) is 4.59. The van der Waals surface area contributed by atoms with Crippen molar-refractivity contribution in [3.63, 3.8) is 0 Å². The van der Waals surface area contributed by atoms with E-state index >= 15 is 0 Å². The van der Waals surface area contributed by atoms with Crippen LogP contribution in [0, 0.1) is 11.3 Å². The van der Waals surface area contributed by atoms with Crippen LogP contribution in [0.15, 0.2) is 72.9 Å². The van der Waals surface area contributed by atoms with Gasteiger partial charge in [-0.25, -0.2) is 0 Å². The lowest BCUT2D eigenvalue weighted by Crippen LogP contribution is -2.14. The first-order chi connectivity index (χ1) is 13.7. The van der Waals surface area contributed by atoms with Gasteiger partial charge in [-0.15, -0.1) is 10.2 Å². The number of carbonyl (C=O) groups is 1. The molecule has 7 nitrogen and oxygen atoms in total. The maximum atomic E-state index is 12.3. The Balaban J connectivity index is 1.48. The predicted molar refractivity (Wildman–Crippen MR) is 106 cm³/mol. The van der Waals surface area contributed by atoms with E-state index in [1.807, 2.05) is 36.4 Å². The van der Waals surface area contributed by atoms with Crippen molar-refractivity contribution in [1.29, 1.82) is 5.26 Å². The maximum absolute atomic E-state index is 12.3. The summed E-state index contributed by atoms with van der Waals surface area (Å²) >= 11 is 0. The lowest BCUT2D eigenvalue weighted by Gasteiger charge is -2.08. The average Bonchev–Trinajstić information content (AvgIpc) is 2.75. The van der Waals surface area contributed by atoms with E-state index in [9.17, 15) is 4.79 Å². The second kappa shape index (κ2) is 7.51. The minimum Gasteiger partial charge on any atom is -0.337 e. The Hall–Kier alpha value is -4.31. The number of anilines is 3. The molecule has 0 saturated carbocycles. The van der Waals surface area contributed by atoms with Crippen molar-refractivity contribution in [3.05, 3.63) is 84.2 Å². The summed E-state index contributed by atoms with van der Waals surface area (Å²) in [5, 5.41) is 23.8. The van der Waals surface area contributed by atoms with Gasteiger partial charge in [0.05, 0.1) is 22.8 Å². The molecule has 0 fully saturated rings. The van der Waals surface area contributed by atoms with Crippen LogP contribution in [0.5, 0.6) is 0 Å². The Labute approximate surface area is 160 Å². The molecule has 0 atom stereocenters. The van der Waals surface area contributed by atoms with Crippen molar-refractivity contribution in [3.8, 4) is 6.07 Å². The first-order valence-corrected chi connectivity index (χ1v) is 8.49. The van der Waals surface area contributed by atoms with E-state index in [2.05, 4.69) is 25.8 Å². The highest BCUT2D eigenvalue weighted by molar-refractivity contribution is 6.02. The third-order valence-electron chi connectivity index (χ3n) is 4.06. The smallest absolute Gasteiger partial charge is 0.276 e. The van der Waals surface area contributed by atoms with E-state index in [0.29, 0.717) is 17.1 Å². The standard InChI is InChI=1S/C21H14N6O/c22-13-14-6-8-16(9-7-14)24-21(28)18-10-11-19(27-26-18)25-17-5-1-3-15-4-2-12-23-20(15)17/h1-12H,(H,24,28)(H,25,27). The predicted octanol–water partition coefficient (Wildman–Crippen LogP) is 3.89. The molecule has 0 aliphatic heterocycles. The average molecular weight is 366 g/mol. The maximum Gasteiger partial charge on any atom is 0.276 e. The summed E-state index contributed by atoms with van der Waals surface area (Å²) in [4.78, 5) is 16.7. The molecular weight excluding hydrogens is 352 g/mol. The summed E-state index contributed by atoms with van der Waals surface area (Å²) in [6.07, 6.45) is 1.73. The van der Waals surface area contributed by atoms with Crippen LogP contribution in [0.25, 0.3) is 10.9 Å². The molecule has 2 heterocycles. The topological polar surface area (TPSA) is 104 Å². The van der Waals surface area contributed by atoms with Gasteiger partial charge in [0.15, 0.2) is 11.5 Å². The Morgan fingerprint density at radius 2 is 1.75 bits per heavy atom. The molecule has 0 aliphatic rings. The number of nitrogens with zero attached hydrogens (tertiary/aromatic N) is 4. The molecule has 28 heavy (non-hydrogen) atoms. The highest BCUT2D eigenvalue weighted by atomic mass is 16.1. The van der Waals surface area contributed by atoms with Crippen LogP contribution in [0.2, 0.25) is 0 Å². The summed E-state index contributed by atoms with van der Waals surface area (Å²) in [7, 11) is 0. The van der Waals surface area contributed by atoms with Crippen molar-refractivity contribution < 1.29 is 4.79 Å². The second-order valence-corrected chi connectivity index (χ2v) is 5.95. The zero-order valence-corrected chi connectivity index (χ0v) is 14.6. The number of carbonyl (C=O) groups excluding carboxylic acids is 1. The van der Waals surface area contributed by atoms with Crippen LogP contribution in [0.1, 0.15) is 16.1 Å². The molecule has 7 heteroatoms. The Bertz CT molecular complexity index is 1170. The molecule has 0 radical (unpaired) electrons. The molecule has 0 bridgehead atoms. The normalized spacial score (nSPS) is 10.2. The lowest BCUT2D eigenvalue weighted by molar-refractivity contribution is 0.102. The zero-order chi connectivity index (χ0) is 19.3. The number of hydrogen-bond donors (Lipinski definition) is 2. The third-order valence-corrected chi connectivity index (χ3v) is 4.06. The number of aromatic nitrogens is 3. The highest BCUT2D eigenvalue weighted by Gasteiger charge is 2.10. The number of nitriles is 1. The molecule has 0 aliphatic carbocycles. The van der Waals surface area contributed by atoms with Gasteiger partial charge in [-0.2, -0.15) is 5.26 Å². The molecular formula is C21H14N6O. The van der Waals surface area contributed by atoms with E-state index in [-0.39, 0.29) is 11.6 Å². The van der Waals surface area contributed by atoms with Gasteiger partial charge in [0.2, 0.25) is 0 Å². The summed E-state index contributed by atoms with van der Waals surface area (Å²) in [6, 6.07) is 21.6. The van der Waals surface area contributed by atoms with Crippen LogP contribution in [0.4, 0.5) is 17.2 Å². The molecule has 0 saturated heterocycles. The number of para-hydroxylation sites is 1. The van der Waals surface area contributed by atoms with Crippen molar-refractivity contribution in [2.24, 2.45) is 0 Å². The summed E-state index contributed by atoms with van der Waals surface area (Å²) in [6.45, 7) is 0. The van der Waals surface area contributed by atoms with Gasteiger partial charge < -0.3 is 10.6 Å². The summed E-state index contributed by atoms with van der Waals surface area (Å²) < 4.78 is 0. The zero-order valence-electron chi connectivity index (χ0n) is 14.6. The number of rotatable bonds is 4.